The van der Waals surface area contributed by atoms with Crippen LogP contribution in [-0.2, 0) is 13.1 Å². The molecule has 2 aromatic rings. The summed E-state index contributed by atoms with van der Waals surface area (Å²) in [6.07, 6.45) is 9.23. The fourth-order valence-corrected chi connectivity index (χ4v) is 3.73. The van der Waals surface area contributed by atoms with E-state index in [9.17, 15) is 0 Å². The van der Waals surface area contributed by atoms with Gasteiger partial charge < -0.3 is 9.47 Å². The fourth-order valence-electron chi connectivity index (χ4n) is 3.73. The Morgan fingerprint density at radius 3 is 2.28 bits per heavy atom. The molecule has 0 aliphatic heterocycles. The van der Waals surface area contributed by atoms with Gasteiger partial charge in [-0.05, 0) is 54.2 Å². The van der Waals surface area contributed by atoms with Crippen LogP contribution in [0.4, 0.5) is 0 Å². The van der Waals surface area contributed by atoms with E-state index in [1.165, 1.54) is 36.8 Å². The smallest absolute Gasteiger partial charge is 0.161 e. The van der Waals surface area contributed by atoms with Crippen molar-refractivity contribution in [1.82, 2.24) is 9.88 Å². The molecule has 1 aliphatic rings. The fraction of sp³-hybridized carbons (Fsp3) is 0.476. The third-order valence-electron chi connectivity index (χ3n) is 5.00. The van der Waals surface area contributed by atoms with E-state index >= 15 is 0 Å². The van der Waals surface area contributed by atoms with Crippen LogP contribution in [-0.4, -0.2) is 30.6 Å². The van der Waals surface area contributed by atoms with Crippen LogP contribution in [0.25, 0.3) is 0 Å². The lowest BCUT2D eigenvalue weighted by atomic mass is 10.1. The van der Waals surface area contributed by atoms with Crippen molar-refractivity contribution in [2.45, 2.75) is 38.8 Å². The number of pyridine rings is 1. The highest BCUT2D eigenvalue weighted by molar-refractivity contribution is 5.42. The van der Waals surface area contributed by atoms with E-state index in [1.807, 2.05) is 18.5 Å². The minimum Gasteiger partial charge on any atom is -0.493 e. The van der Waals surface area contributed by atoms with Gasteiger partial charge in [0.05, 0.1) is 14.2 Å². The largest absolute Gasteiger partial charge is 0.493 e. The molecule has 0 N–H and O–H groups in total. The Kier molecular flexibility index (Phi) is 6.29. The predicted molar refractivity (Wildman–Crippen MR) is 99.9 cm³/mol. The molecule has 1 aromatic heterocycles. The molecule has 0 unspecified atom stereocenters. The molecule has 3 rings (SSSR count). The van der Waals surface area contributed by atoms with Crippen molar-refractivity contribution in [2.75, 3.05) is 20.8 Å². The lowest BCUT2D eigenvalue weighted by Crippen LogP contribution is -2.28. The lowest BCUT2D eigenvalue weighted by molar-refractivity contribution is 0.215. The third-order valence-corrected chi connectivity index (χ3v) is 5.00. The summed E-state index contributed by atoms with van der Waals surface area (Å²) in [7, 11) is 3.36. The normalized spacial score (nSPS) is 14.8. The summed E-state index contributed by atoms with van der Waals surface area (Å²) in [6.45, 7) is 3.02. The summed E-state index contributed by atoms with van der Waals surface area (Å²) in [6, 6.07) is 10.4. The second-order valence-corrected chi connectivity index (χ2v) is 6.86. The third kappa shape index (κ3) is 4.95. The molecule has 1 aliphatic carbocycles. The Balaban J connectivity index is 1.73. The summed E-state index contributed by atoms with van der Waals surface area (Å²) >= 11 is 0. The Bertz CT molecular complexity index is 654. The van der Waals surface area contributed by atoms with E-state index in [-0.39, 0.29) is 0 Å². The lowest BCUT2D eigenvalue weighted by Gasteiger charge is -2.26. The average molecular weight is 340 g/mol. The summed E-state index contributed by atoms with van der Waals surface area (Å²) in [5, 5.41) is 0. The second kappa shape index (κ2) is 8.86. The number of hydrogen-bond acceptors (Lipinski definition) is 4. The Morgan fingerprint density at radius 2 is 1.60 bits per heavy atom. The van der Waals surface area contributed by atoms with Crippen LogP contribution in [0.3, 0.4) is 0 Å². The molecule has 0 radical (unpaired) electrons. The molecule has 0 amide bonds. The van der Waals surface area contributed by atoms with Crippen LogP contribution in [0.1, 0.15) is 36.8 Å². The molecule has 0 atom stereocenters. The molecule has 0 spiro atoms. The molecule has 25 heavy (non-hydrogen) atoms. The molecule has 4 nitrogen and oxygen atoms in total. The first-order valence-corrected chi connectivity index (χ1v) is 9.10. The minimum atomic E-state index is 0.780. The van der Waals surface area contributed by atoms with Crippen LogP contribution < -0.4 is 9.47 Å². The van der Waals surface area contributed by atoms with E-state index in [0.29, 0.717) is 0 Å². The quantitative estimate of drug-likeness (QED) is 0.718. The first kappa shape index (κ1) is 17.7. The summed E-state index contributed by atoms with van der Waals surface area (Å²) in [5.41, 5.74) is 2.57. The van der Waals surface area contributed by atoms with Gasteiger partial charge in [-0.15, -0.1) is 0 Å². The molecule has 1 aromatic carbocycles. The highest BCUT2D eigenvalue weighted by atomic mass is 16.5. The van der Waals surface area contributed by atoms with Crippen molar-refractivity contribution in [1.29, 1.82) is 0 Å². The zero-order valence-corrected chi connectivity index (χ0v) is 15.3. The SMILES string of the molecule is COc1ccc(CN(Cc2ccncc2)CC2CCCC2)cc1OC. The van der Waals surface area contributed by atoms with Crippen LogP contribution in [0.2, 0.25) is 0 Å². The maximum absolute atomic E-state index is 5.46. The van der Waals surface area contributed by atoms with Crippen molar-refractivity contribution < 1.29 is 9.47 Å². The number of rotatable bonds is 8. The molecule has 4 heteroatoms. The first-order chi connectivity index (χ1) is 12.3. The van der Waals surface area contributed by atoms with Gasteiger partial charge in [-0.1, -0.05) is 18.9 Å². The highest BCUT2D eigenvalue weighted by Gasteiger charge is 2.19. The van der Waals surface area contributed by atoms with Gasteiger partial charge >= 0.3 is 0 Å². The number of nitrogens with zero attached hydrogens (tertiary/aromatic N) is 2. The molecule has 134 valence electrons. The molecule has 0 saturated heterocycles. The molecule has 1 saturated carbocycles. The van der Waals surface area contributed by atoms with Crippen molar-refractivity contribution in [3.8, 4) is 11.5 Å². The second-order valence-electron chi connectivity index (χ2n) is 6.86. The van der Waals surface area contributed by atoms with Crippen LogP contribution in [0.15, 0.2) is 42.7 Å². The Morgan fingerprint density at radius 1 is 0.920 bits per heavy atom. The molecule has 1 fully saturated rings. The van der Waals surface area contributed by atoms with Gasteiger partial charge in [0, 0.05) is 32.0 Å². The standard InChI is InChI=1S/C21H28N2O2/c1-24-20-8-7-19(13-21(20)25-2)16-23(14-17-5-3-4-6-17)15-18-9-11-22-12-10-18/h7-13,17H,3-6,14-16H2,1-2H3. The predicted octanol–water partition coefficient (Wildman–Crippen LogP) is 4.29. The van der Waals surface area contributed by atoms with E-state index in [2.05, 4.69) is 34.1 Å². The van der Waals surface area contributed by atoms with Crippen molar-refractivity contribution in [3.63, 3.8) is 0 Å². The number of methoxy groups -OCH3 is 2. The summed E-state index contributed by atoms with van der Waals surface area (Å²) < 4.78 is 10.8. The van der Waals surface area contributed by atoms with Crippen LogP contribution in [0, 0.1) is 5.92 Å². The maximum Gasteiger partial charge on any atom is 0.161 e. The van der Waals surface area contributed by atoms with Gasteiger partial charge in [0.1, 0.15) is 0 Å². The number of aromatic nitrogens is 1. The maximum atomic E-state index is 5.46. The van der Waals surface area contributed by atoms with Gasteiger partial charge in [0.2, 0.25) is 0 Å². The topological polar surface area (TPSA) is 34.6 Å². The van der Waals surface area contributed by atoms with E-state index in [4.69, 9.17) is 9.47 Å². The van der Waals surface area contributed by atoms with Crippen molar-refractivity contribution in [2.24, 2.45) is 5.92 Å². The zero-order chi connectivity index (χ0) is 17.5. The monoisotopic (exact) mass is 340 g/mol. The zero-order valence-electron chi connectivity index (χ0n) is 15.3. The highest BCUT2D eigenvalue weighted by Crippen LogP contribution is 2.30. The average Bonchev–Trinajstić information content (AvgIpc) is 3.15. The van der Waals surface area contributed by atoms with E-state index < -0.39 is 0 Å². The van der Waals surface area contributed by atoms with Gasteiger partial charge in [-0.25, -0.2) is 0 Å². The molecule has 1 heterocycles. The summed E-state index contributed by atoms with van der Waals surface area (Å²) in [5.74, 6) is 2.40. The Hall–Kier alpha value is -2.07. The van der Waals surface area contributed by atoms with Gasteiger partial charge in [-0.3, -0.25) is 9.88 Å². The summed E-state index contributed by atoms with van der Waals surface area (Å²) in [4.78, 5) is 6.68. The van der Waals surface area contributed by atoms with Crippen molar-refractivity contribution in [3.05, 3.63) is 53.9 Å². The van der Waals surface area contributed by atoms with E-state index in [0.717, 1.165) is 37.1 Å². The van der Waals surface area contributed by atoms with Crippen LogP contribution >= 0.6 is 0 Å². The molecule has 0 bridgehead atoms. The molecular weight excluding hydrogens is 312 g/mol. The Labute approximate surface area is 150 Å². The minimum absolute atomic E-state index is 0.780. The number of benzene rings is 1. The van der Waals surface area contributed by atoms with E-state index in [1.54, 1.807) is 14.2 Å². The van der Waals surface area contributed by atoms with Crippen molar-refractivity contribution >= 4 is 0 Å². The van der Waals surface area contributed by atoms with Gasteiger partial charge in [0.25, 0.3) is 0 Å². The van der Waals surface area contributed by atoms with Crippen LogP contribution in [0.5, 0.6) is 11.5 Å². The molecular formula is C21H28N2O2. The van der Waals surface area contributed by atoms with Gasteiger partial charge in [0.15, 0.2) is 11.5 Å². The van der Waals surface area contributed by atoms with Gasteiger partial charge in [-0.2, -0.15) is 0 Å². The first-order valence-electron chi connectivity index (χ1n) is 9.10. The number of hydrogen-bond donors (Lipinski definition) is 0. The number of ether oxygens (including phenoxy) is 2.